The summed E-state index contributed by atoms with van der Waals surface area (Å²) in [5.74, 6) is -1.09. The molecule has 0 aliphatic carbocycles. The van der Waals surface area contributed by atoms with Crippen molar-refractivity contribution in [2.24, 2.45) is 10.9 Å². The zero-order valence-electron chi connectivity index (χ0n) is 17.6. The molecule has 0 radical (unpaired) electrons. The number of hydrogen-bond acceptors (Lipinski definition) is 7. The van der Waals surface area contributed by atoms with Crippen LogP contribution < -0.4 is 14.8 Å². The zero-order chi connectivity index (χ0) is 23.4. The number of Topliss-reactive ketones (excluding diaryl/α,β-unsaturated/α-hetero) is 1. The van der Waals surface area contributed by atoms with Gasteiger partial charge >= 0.3 is 0 Å². The van der Waals surface area contributed by atoms with Gasteiger partial charge in [-0.3, -0.25) is 19.3 Å². The summed E-state index contributed by atoms with van der Waals surface area (Å²) in [6, 6.07) is 13.9. The third kappa shape index (κ3) is 4.96. The van der Waals surface area contributed by atoms with E-state index in [2.05, 4.69) is 15.0 Å². The molecule has 1 aromatic heterocycles. The summed E-state index contributed by atoms with van der Waals surface area (Å²) in [7, 11) is -3.98. The number of benzene rings is 2. The number of aliphatic imine (C=N–C) groups is 1. The number of hydrogen-bond donors (Lipinski definition) is 2. The molecule has 1 aliphatic heterocycles. The monoisotopic (exact) mass is 467 g/mol. The molecule has 0 saturated heterocycles. The lowest BCUT2D eigenvalue weighted by molar-refractivity contribution is -0.122. The van der Waals surface area contributed by atoms with Crippen LogP contribution in [0.3, 0.4) is 0 Å². The Kier molecular flexibility index (Phi) is 6.27. The number of carbonyl (C=O) groups is 2. The van der Waals surface area contributed by atoms with Crippen molar-refractivity contribution in [2.75, 3.05) is 11.3 Å². The van der Waals surface area contributed by atoms with Crippen LogP contribution in [-0.2, 0) is 21.4 Å². The van der Waals surface area contributed by atoms with E-state index in [9.17, 15) is 18.0 Å². The predicted molar refractivity (Wildman–Crippen MR) is 121 cm³/mol. The lowest BCUT2D eigenvalue weighted by Crippen LogP contribution is -2.37. The van der Waals surface area contributed by atoms with Crippen molar-refractivity contribution in [3.63, 3.8) is 0 Å². The van der Waals surface area contributed by atoms with E-state index in [1.165, 1.54) is 30.7 Å². The van der Waals surface area contributed by atoms with Gasteiger partial charge < -0.3 is 14.5 Å². The minimum atomic E-state index is -3.98. The molecule has 9 nitrogen and oxygen atoms in total. The fourth-order valence-electron chi connectivity index (χ4n) is 3.27. The lowest BCUT2D eigenvalue weighted by atomic mass is 9.94. The van der Waals surface area contributed by atoms with Gasteiger partial charge in [-0.05, 0) is 61.5 Å². The molecule has 2 heterocycles. The standard InChI is InChI=1S/C23H21N3O6S/c1-2-31-16-7-5-15(6-8-16)26-33(29,30)18-9-10-21-19(12-18)22(27)20(14-24-21)23(28)25-13-17-4-3-11-32-17/h3-12,14,20,26H,2,13H2,1H3,(H,25,28). The molecule has 1 aliphatic rings. The zero-order valence-corrected chi connectivity index (χ0v) is 18.5. The van der Waals surface area contributed by atoms with Crippen molar-refractivity contribution in [3.05, 3.63) is 72.2 Å². The molecule has 0 saturated carbocycles. The largest absolute Gasteiger partial charge is 0.494 e. The van der Waals surface area contributed by atoms with E-state index in [1.807, 2.05) is 6.92 Å². The minimum Gasteiger partial charge on any atom is -0.494 e. The molecule has 170 valence electrons. The Morgan fingerprint density at radius 2 is 1.94 bits per heavy atom. The van der Waals surface area contributed by atoms with E-state index in [1.54, 1.807) is 36.4 Å². The van der Waals surface area contributed by atoms with Gasteiger partial charge in [0.25, 0.3) is 10.0 Å². The molecule has 1 atom stereocenters. The first-order valence-corrected chi connectivity index (χ1v) is 11.6. The number of amides is 1. The normalized spacial score (nSPS) is 15.1. The van der Waals surface area contributed by atoms with Gasteiger partial charge in [0.15, 0.2) is 5.78 Å². The Labute approximate surface area is 190 Å². The molecular weight excluding hydrogens is 446 g/mol. The molecule has 4 rings (SSSR count). The van der Waals surface area contributed by atoms with E-state index in [-0.39, 0.29) is 17.0 Å². The fraction of sp³-hybridized carbons (Fsp3) is 0.174. The Hall–Kier alpha value is -3.92. The van der Waals surface area contributed by atoms with Gasteiger partial charge in [0.05, 0.1) is 30.0 Å². The van der Waals surface area contributed by atoms with Crippen LogP contribution in [0.4, 0.5) is 11.4 Å². The number of carbonyl (C=O) groups excluding carboxylic acids is 2. The van der Waals surface area contributed by atoms with E-state index in [4.69, 9.17) is 9.15 Å². The molecule has 2 N–H and O–H groups in total. The van der Waals surface area contributed by atoms with Crippen LogP contribution in [0.5, 0.6) is 5.75 Å². The van der Waals surface area contributed by atoms with Gasteiger partial charge in [-0.2, -0.15) is 0 Å². The second kappa shape index (κ2) is 9.29. The summed E-state index contributed by atoms with van der Waals surface area (Å²) in [6.07, 6.45) is 2.74. The number of nitrogens with zero attached hydrogens (tertiary/aromatic N) is 1. The highest BCUT2D eigenvalue weighted by Crippen LogP contribution is 2.30. The van der Waals surface area contributed by atoms with Crippen LogP contribution in [0, 0.1) is 5.92 Å². The molecule has 0 fully saturated rings. The van der Waals surface area contributed by atoms with E-state index >= 15 is 0 Å². The second-order valence-corrected chi connectivity index (χ2v) is 8.84. The number of rotatable bonds is 8. The molecule has 1 unspecified atom stereocenters. The van der Waals surface area contributed by atoms with Gasteiger partial charge in [-0.25, -0.2) is 8.42 Å². The van der Waals surface area contributed by atoms with E-state index < -0.39 is 27.6 Å². The van der Waals surface area contributed by atoms with Gasteiger partial charge in [-0.15, -0.1) is 0 Å². The van der Waals surface area contributed by atoms with Crippen LogP contribution in [-0.4, -0.2) is 32.9 Å². The van der Waals surface area contributed by atoms with Crippen LogP contribution in [0.15, 0.2) is 75.2 Å². The summed E-state index contributed by atoms with van der Waals surface area (Å²) in [5, 5.41) is 2.62. The summed E-state index contributed by atoms with van der Waals surface area (Å²) in [4.78, 5) is 29.5. The quantitative estimate of drug-likeness (QED) is 0.490. The molecule has 0 spiro atoms. The third-order valence-corrected chi connectivity index (χ3v) is 6.28. The van der Waals surface area contributed by atoms with Crippen LogP contribution >= 0.6 is 0 Å². The van der Waals surface area contributed by atoms with Crippen molar-refractivity contribution in [1.82, 2.24) is 5.32 Å². The van der Waals surface area contributed by atoms with Crippen molar-refractivity contribution in [1.29, 1.82) is 0 Å². The van der Waals surface area contributed by atoms with Crippen LogP contribution in [0.1, 0.15) is 23.0 Å². The first-order chi connectivity index (χ1) is 15.9. The Balaban J connectivity index is 1.51. The van der Waals surface area contributed by atoms with Gasteiger partial charge in [-0.1, -0.05) is 0 Å². The summed E-state index contributed by atoms with van der Waals surface area (Å²) < 4.78 is 38.7. The highest BCUT2D eigenvalue weighted by molar-refractivity contribution is 7.92. The van der Waals surface area contributed by atoms with Gasteiger partial charge in [0.2, 0.25) is 5.91 Å². The summed E-state index contributed by atoms with van der Waals surface area (Å²) >= 11 is 0. The number of ketones is 1. The number of ether oxygens (including phenoxy) is 1. The number of furan rings is 1. The van der Waals surface area contributed by atoms with Crippen molar-refractivity contribution in [2.45, 2.75) is 18.4 Å². The Morgan fingerprint density at radius 3 is 2.64 bits per heavy atom. The molecule has 1 amide bonds. The van der Waals surface area contributed by atoms with Crippen molar-refractivity contribution in [3.8, 4) is 5.75 Å². The van der Waals surface area contributed by atoms with Gasteiger partial charge in [0.1, 0.15) is 17.4 Å². The van der Waals surface area contributed by atoms with Gasteiger partial charge in [0, 0.05) is 17.5 Å². The number of anilines is 1. The molecular formula is C23H21N3O6S. The second-order valence-electron chi connectivity index (χ2n) is 7.16. The average molecular weight is 468 g/mol. The molecule has 3 aromatic rings. The Bertz CT molecular complexity index is 1300. The SMILES string of the molecule is CCOc1ccc(NS(=O)(=O)c2ccc3c(c2)C(=O)C(C(=O)NCc2ccco2)C=N3)cc1. The smallest absolute Gasteiger partial charge is 0.261 e. The van der Waals surface area contributed by atoms with Crippen molar-refractivity contribution >= 4 is 39.3 Å². The first kappa shape index (κ1) is 22.3. The highest BCUT2D eigenvalue weighted by Gasteiger charge is 2.32. The Morgan fingerprint density at radius 1 is 1.15 bits per heavy atom. The summed E-state index contributed by atoms with van der Waals surface area (Å²) in [5.41, 5.74) is 0.705. The maximum Gasteiger partial charge on any atom is 0.261 e. The number of fused-ring (bicyclic) bond motifs is 1. The van der Waals surface area contributed by atoms with Crippen LogP contribution in [0.2, 0.25) is 0 Å². The molecule has 0 bridgehead atoms. The third-order valence-electron chi connectivity index (χ3n) is 4.91. The molecule has 10 heteroatoms. The van der Waals surface area contributed by atoms with E-state index in [0.717, 1.165) is 0 Å². The summed E-state index contributed by atoms with van der Waals surface area (Å²) in [6.45, 7) is 2.47. The first-order valence-electron chi connectivity index (χ1n) is 10.2. The minimum absolute atomic E-state index is 0.0604. The van der Waals surface area contributed by atoms with E-state index in [0.29, 0.717) is 29.5 Å². The number of nitrogens with one attached hydrogen (secondary N) is 2. The number of sulfonamides is 1. The maximum atomic E-state index is 13.0. The molecule has 33 heavy (non-hydrogen) atoms. The lowest BCUT2D eigenvalue weighted by Gasteiger charge is -2.18. The average Bonchev–Trinajstić information content (AvgIpc) is 3.33. The molecule has 2 aromatic carbocycles. The van der Waals surface area contributed by atoms with Crippen molar-refractivity contribution < 1.29 is 27.2 Å². The predicted octanol–water partition coefficient (Wildman–Crippen LogP) is 3.31. The fourth-order valence-corrected chi connectivity index (χ4v) is 4.35. The maximum absolute atomic E-state index is 13.0. The van der Waals surface area contributed by atoms with Crippen LogP contribution in [0.25, 0.3) is 0 Å². The topological polar surface area (TPSA) is 127 Å². The highest BCUT2D eigenvalue weighted by atomic mass is 32.2.